The number of ether oxygens (including phenoxy) is 1. The number of oxazole rings is 1. The molecule has 1 aromatic heterocycles. The zero-order valence-electron chi connectivity index (χ0n) is 17.7. The van der Waals surface area contributed by atoms with Crippen LogP contribution in [0.4, 0.5) is 4.79 Å². The lowest BCUT2D eigenvalue weighted by atomic mass is 9.96. The number of likely N-dealkylation sites (tertiary alicyclic amines) is 1. The van der Waals surface area contributed by atoms with Crippen LogP contribution in [0.2, 0.25) is 0 Å². The van der Waals surface area contributed by atoms with Crippen LogP contribution in [0.5, 0.6) is 0 Å². The molecular formula is C25H28N2O3. The van der Waals surface area contributed by atoms with Gasteiger partial charge >= 0.3 is 6.09 Å². The molecule has 2 unspecified atom stereocenters. The van der Waals surface area contributed by atoms with E-state index in [-0.39, 0.29) is 18.1 Å². The number of aromatic nitrogens is 1. The summed E-state index contributed by atoms with van der Waals surface area (Å²) in [6.07, 6.45) is 2.83. The van der Waals surface area contributed by atoms with Gasteiger partial charge in [-0.3, -0.25) is 4.90 Å². The molecule has 3 aromatic rings. The van der Waals surface area contributed by atoms with Gasteiger partial charge in [0, 0.05) is 18.9 Å². The maximum absolute atomic E-state index is 13.0. The maximum atomic E-state index is 13.0. The molecule has 0 radical (unpaired) electrons. The Morgan fingerprint density at radius 3 is 2.43 bits per heavy atom. The average molecular weight is 405 g/mol. The lowest BCUT2D eigenvalue weighted by Gasteiger charge is -2.27. The molecule has 0 aliphatic carbocycles. The summed E-state index contributed by atoms with van der Waals surface area (Å²) in [5, 5.41) is 0. The Morgan fingerprint density at radius 2 is 1.77 bits per heavy atom. The van der Waals surface area contributed by atoms with Crippen LogP contribution in [0.25, 0.3) is 0 Å². The summed E-state index contributed by atoms with van der Waals surface area (Å²) in [4.78, 5) is 19.4. The fraction of sp³-hybridized carbons (Fsp3) is 0.360. The third kappa shape index (κ3) is 4.73. The van der Waals surface area contributed by atoms with E-state index in [0.717, 1.165) is 12.1 Å². The van der Waals surface area contributed by atoms with Gasteiger partial charge in [0.2, 0.25) is 5.89 Å². The summed E-state index contributed by atoms with van der Waals surface area (Å²) in [6.45, 7) is 6.23. The molecule has 0 spiro atoms. The van der Waals surface area contributed by atoms with Crippen LogP contribution < -0.4 is 0 Å². The maximum Gasteiger partial charge on any atom is 0.410 e. The molecule has 2 heterocycles. The minimum Gasteiger partial charge on any atom is -0.446 e. The van der Waals surface area contributed by atoms with E-state index in [1.54, 1.807) is 11.2 Å². The first-order valence-corrected chi connectivity index (χ1v) is 10.4. The molecule has 0 bridgehead atoms. The van der Waals surface area contributed by atoms with Gasteiger partial charge in [0.25, 0.3) is 0 Å². The van der Waals surface area contributed by atoms with Crippen molar-refractivity contribution in [3.63, 3.8) is 0 Å². The molecule has 156 valence electrons. The van der Waals surface area contributed by atoms with Crippen LogP contribution in [-0.2, 0) is 11.2 Å². The van der Waals surface area contributed by atoms with Crippen molar-refractivity contribution in [3.8, 4) is 0 Å². The van der Waals surface area contributed by atoms with Crippen LogP contribution in [0, 0.1) is 0 Å². The second kappa shape index (κ2) is 8.34. The average Bonchev–Trinajstić information content (AvgIpc) is 3.35. The largest absolute Gasteiger partial charge is 0.446 e. The molecule has 0 saturated carbocycles. The zero-order valence-corrected chi connectivity index (χ0v) is 17.7. The lowest BCUT2D eigenvalue weighted by molar-refractivity contribution is 0.0202. The van der Waals surface area contributed by atoms with E-state index in [1.807, 2.05) is 57.2 Å². The number of carbonyl (C=O) groups excluding carboxylic acids is 1. The Morgan fingerprint density at radius 1 is 1.10 bits per heavy atom. The third-order valence-electron chi connectivity index (χ3n) is 5.28. The normalized spacial score (nSPS) is 19.1. The van der Waals surface area contributed by atoms with E-state index < -0.39 is 5.60 Å². The summed E-state index contributed by atoms with van der Waals surface area (Å²) in [5.74, 6) is 0.790. The first-order valence-electron chi connectivity index (χ1n) is 10.4. The fourth-order valence-electron chi connectivity index (χ4n) is 3.92. The Bertz CT molecular complexity index is 976. The number of amides is 1. The van der Waals surface area contributed by atoms with Gasteiger partial charge in [-0.2, -0.15) is 0 Å². The first-order chi connectivity index (χ1) is 14.4. The molecule has 30 heavy (non-hydrogen) atoms. The second-order valence-electron chi connectivity index (χ2n) is 8.83. The predicted octanol–water partition coefficient (Wildman–Crippen LogP) is 5.73. The van der Waals surface area contributed by atoms with Gasteiger partial charge in [-0.25, -0.2) is 9.78 Å². The molecule has 5 heteroatoms. The van der Waals surface area contributed by atoms with Crippen molar-refractivity contribution in [3.05, 3.63) is 89.6 Å². The number of rotatable bonds is 4. The molecular weight excluding hydrogens is 376 g/mol. The van der Waals surface area contributed by atoms with Crippen molar-refractivity contribution in [2.45, 2.75) is 51.2 Å². The van der Waals surface area contributed by atoms with Crippen molar-refractivity contribution in [1.29, 1.82) is 0 Å². The minimum atomic E-state index is -0.554. The number of nitrogens with zero attached hydrogens (tertiary/aromatic N) is 2. The molecule has 1 aliphatic heterocycles. The van der Waals surface area contributed by atoms with Gasteiger partial charge in [-0.15, -0.1) is 0 Å². The van der Waals surface area contributed by atoms with Gasteiger partial charge in [-0.05, 0) is 38.3 Å². The highest BCUT2D eigenvalue weighted by molar-refractivity contribution is 5.69. The smallest absolute Gasteiger partial charge is 0.410 e. The predicted molar refractivity (Wildman–Crippen MR) is 115 cm³/mol. The van der Waals surface area contributed by atoms with Crippen LogP contribution in [-0.4, -0.2) is 28.1 Å². The van der Waals surface area contributed by atoms with Crippen LogP contribution in [0.3, 0.4) is 0 Å². The van der Waals surface area contributed by atoms with E-state index in [4.69, 9.17) is 14.1 Å². The van der Waals surface area contributed by atoms with Crippen LogP contribution in [0.1, 0.15) is 61.9 Å². The standard InChI is InChI=1S/C25H28N2O3/c1-25(2,3)30-24(28)27-16-20(19-12-8-5-9-13-19)15-22(27)23-26-21(17-29-23)14-18-10-6-4-7-11-18/h4-13,17,20,22H,14-16H2,1-3H3. The quantitative estimate of drug-likeness (QED) is 0.557. The van der Waals surface area contributed by atoms with E-state index in [2.05, 4.69) is 24.3 Å². The van der Waals surface area contributed by atoms with Crippen molar-refractivity contribution < 1.29 is 13.9 Å². The SMILES string of the molecule is CC(C)(C)OC(=O)N1CC(c2ccccc2)CC1c1nc(Cc2ccccc2)co1. The van der Waals surface area contributed by atoms with Crippen LogP contribution in [0.15, 0.2) is 71.3 Å². The highest BCUT2D eigenvalue weighted by atomic mass is 16.6. The lowest BCUT2D eigenvalue weighted by Crippen LogP contribution is -2.36. The first kappa shape index (κ1) is 20.2. The molecule has 2 aromatic carbocycles. The molecule has 1 fully saturated rings. The van der Waals surface area contributed by atoms with Gasteiger partial charge < -0.3 is 9.15 Å². The number of hydrogen-bond donors (Lipinski definition) is 0. The Balaban J connectivity index is 1.57. The van der Waals surface area contributed by atoms with Gasteiger partial charge in [0.15, 0.2) is 0 Å². The van der Waals surface area contributed by atoms with Crippen molar-refractivity contribution in [1.82, 2.24) is 9.88 Å². The van der Waals surface area contributed by atoms with E-state index in [1.165, 1.54) is 11.1 Å². The summed E-state index contributed by atoms with van der Waals surface area (Å²) < 4.78 is 11.5. The van der Waals surface area contributed by atoms with E-state index >= 15 is 0 Å². The zero-order chi connectivity index (χ0) is 21.1. The van der Waals surface area contributed by atoms with E-state index in [0.29, 0.717) is 18.9 Å². The number of carbonyl (C=O) groups is 1. The Hall–Kier alpha value is -3.08. The fourth-order valence-corrected chi connectivity index (χ4v) is 3.92. The van der Waals surface area contributed by atoms with Crippen molar-refractivity contribution in [2.75, 3.05) is 6.54 Å². The molecule has 1 saturated heterocycles. The molecule has 1 aliphatic rings. The molecule has 5 nitrogen and oxygen atoms in total. The van der Waals surface area contributed by atoms with Gasteiger partial charge in [-0.1, -0.05) is 60.7 Å². The monoisotopic (exact) mass is 404 g/mol. The Kier molecular flexibility index (Phi) is 5.62. The Labute approximate surface area is 177 Å². The second-order valence-corrected chi connectivity index (χ2v) is 8.83. The highest BCUT2D eigenvalue weighted by Crippen LogP contribution is 2.41. The summed E-state index contributed by atoms with van der Waals surface area (Å²) in [7, 11) is 0. The molecule has 1 amide bonds. The number of hydrogen-bond acceptors (Lipinski definition) is 4. The van der Waals surface area contributed by atoms with E-state index in [9.17, 15) is 4.79 Å². The minimum absolute atomic E-state index is 0.216. The third-order valence-corrected chi connectivity index (χ3v) is 5.28. The van der Waals surface area contributed by atoms with Crippen molar-refractivity contribution in [2.24, 2.45) is 0 Å². The van der Waals surface area contributed by atoms with Gasteiger partial charge in [0.1, 0.15) is 17.9 Å². The molecule has 2 atom stereocenters. The number of benzene rings is 2. The molecule has 0 N–H and O–H groups in total. The summed E-state index contributed by atoms with van der Waals surface area (Å²) in [5.41, 5.74) is 2.70. The highest BCUT2D eigenvalue weighted by Gasteiger charge is 2.41. The molecule has 4 rings (SSSR count). The summed E-state index contributed by atoms with van der Waals surface area (Å²) >= 11 is 0. The summed E-state index contributed by atoms with van der Waals surface area (Å²) in [6, 6.07) is 20.2. The topological polar surface area (TPSA) is 55.6 Å². The van der Waals surface area contributed by atoms with Gasteiger partial charge in [0.05, 0.1) is 5.69 Å². The van der Waals surface area contributed by atoms with Crippen LogP contribution >= 0.6 is 0 Å². The van der Waals surface area contributed by atoms with Crippen molar-refractivity contribution >= 4 is 6.09 Å².